The minimum atomic E-state index is -4.49. The number of aliphatic imine (C=N–C) groups is 1. The highest BCUT2D eigenvalue weighted by Crippen LogP contribution is 2.28. The summed E-state index contributed by atoms with van der Waals surface area (Å²) < 4.78 is 34.2. The molecule has 0 saturated heterocycles. The van der Waals surface area contributed by atoms with Gasteiger partial charge in [0.05, 0.1) is 5.71 Å². The van der Waals surface area contributed by atoms with E-state index >= 15 is 0 Å². The van der Waals surface area contributed by atoms with Crippen LogP contribution in [0.3, 0.4) is 0 Å². The third-order valence-corrected chi connectivity index (χ3v) is 4.51. The maximum atomic E-state index is 12.2. The summed E-state index contributed by atoms with van der Waals surface area (Å²) in [6, 6.07) is 17.1. The summed E-state index contributed by atoms with van der Waals surface area (Å²) in [5.41, 5.74) is 1.05. The molecule has 126 valence electrons. The maximum absolute atomic E-state index is 12.2. The van der Waals surface area contributed by atoms with Gasteiger partial charge in [0, 0.05) is 0 Å². The van der Waals surface area contributed by atoms with Crippen LogP contribution in [0, 0.1) is 0 Å². The highest BCUT2D eigenvalue weighted by Gasteiger charge is 2.32. The Labute approximate surface area is 144 Å². The van der Waals surface area contributed by atoms with Gasteiger partial charge in [-0.2, -0.15) is 18.4 Å². The zero-order chi connectivity index (χ0) is 17.7. The largest absolute Gasteiger partial charge is 0.285 e. The second-order valence-electron chi connectivity index (χ2n) is 5.11. The van der Waals surface area contributed by atoms with Crippen molar-refractivity contribution in [1.82, 2.24) is 15.0 Å². The molecule has 7 nitrogen and oxygen atoms in total. The minimum absolute atomic E-state index is 0.0541. The smallest absolute Gasteiger partial charge is 0.277 e. The van der Waals surface area contributed by atoms with Crippen LogP contribution >= 0.6 is 0 Å². The number of nitrogens with zero attached hydrogens (tertiary/aromatic N) is 4. The van der Waals surface area contributed by atoms with Crippen molar-refractivity contribution >= 4 is 21.8 Å². The molecule has 0 bridgehead atoms. The van der Waals surface area contributed by atoms with Crippen LogP contribution < -0.4 is 0 Å². The van der Waals surface area contributed by atoms with Crippen molar-refractivity contribution in [2.45, 2.75) is 5.25 Å². The second-order valence-corrected chi connectivity index (χ2v) is 6.61. The first kappa shape index (κ1) is 16.9. The monoisotopic (exact) mass is 354 g/mol. The fourth-order valence-corrected chi connectivity index (χ4v) is 3.35. The van der Waals surface area contributed by atoms with Crippen molar-refractivity contribution in [2.24, 2.45) is 4.99 Å². The zero-order valence-corrected chi connectivity index (χ0v) is 13.8. The van der Waals surface area contributed by atoms with Crippen molar-refractivity contribution in [2.75, 3.05) is 0 Å². The lowest BCUT2D eigenvalue weighted by Crippen LogP contribution is -2.23. The average Bonchev–Trinajstić information content (AvgIpc) is 2.63. The summed E-state index contributed by atoms with van der Waals surface area (Å²) in [6.07, 6.45) is 2.53. The molecule has 3 rings (SSSR count). The van der Waals surface area contributed by atoms with E-state index in [2.05, 4.69) is 19.9 Å². The molecule has 1 N–H and O–H groups in total. The van der Waals surface area contributed by atoms with Gasteiger partial charge in [-0.15, -0.1) is 0 Å². The Morgan fingerprint density at radius 2 is 1.48 bits per heavy atom. The van der Waals surface area contributed by atoms with E-state index in [-0.39, 0.29) is 11.7 Å². The van der Waals surface area contributed by atoms with Crippen LogP contribution in [0.15, 0.2) is 78.3 Å². The van der Waals surface area contributed by atoms with E-state index in [1.165, 1.54) is 12.7 Å². The van der Waals surface area contributed by atoms with Crippen molar-refractivity contribution in [3.63, 3.8) is 0 Å². The first-order valence-corrected chi connectivity index (χ1v) is 8.83. The lowest BCUT2D eigenvalue weighted by atomic mass is 10.0. The first-order valence-electron chi connectivity index (χ1n) is 7.33. The quantitative estimate of drug-likeness (QED) is 0.558. The normalized spacial score (nSPS) is 13.4. The Morgan fingerprint density at radius 3 is 2.04 bits per heavy atom. The molecule has 1 unspecified atom stereocenters. The van der Waals surface area contributed by atoms with Crippen LogP contribution in [0.4, 0.5) is 5.95 Å². The molecule has 1 aromatic heterocycles. The molecule has 0 radical (unpaired) electrons. The van der Waals surface area contributed by atoms with Crippen molar-refractivity contribution in [1.29, 1.82) is 0 Å². The topological polar surface area (TPSA) is 105 Å². The van der Waals surface area contributed by atoms with Gasteiger partial charge in [0.25, 0.3) is 16.1 Å². The van der Waals surface area contributed by atoms with Crippen LogP contribution in [0.1, 0.15) is 16.4 Å². The Kier molecular flexibility index (Phi) is 4.92. The lowest BCUT2D eigenvalue weighted by molar-refractivity contribution is 0.478. The second kappa shape index (κ2) is 7.29. The van der Waals surface area contributed by atoms with E-state index in [9.17, 15) is 13.0 Å². The van der Waals surface area contributed by atoms with Gasteiger partial charge in [-0.05, 0) is 11.1 Å². The van der Waals surface area contributed by atoms with E-state index in [1.807, 2.05) is 0 Å². The van der Waals surface area contributed by atoms with Crippen molar-refractivity contribution < 1.29 is 13.0 Å². The van der Waals surface area contributed by atoms with Crippen LogP contribution in [-0.4, -0.2) is 33.6 Å². The molecular weight excluding hydrogens is 340 g/mol. The average molecular weight is 354 g/mol. The first-order chi connectivity index (χ1) is 12.1. The van der Waals surface area contributed by atoms with E-state index in [1.54, 1.807) is 60.7 Å². The van der Waals surface area contributed by atoms with Gasteiger partial charge in [-0.25, -0.2) is 9.98 Å². The molecule has 0 fully saturated rings. The van der Waals surface area contributed by atoms with E-state index in [4.69, 9.17) is 0 Å². The summed E-state index contributed by atoms with van der Waals surface area (Å²) in [7, 11) is -4.49. The van der Waals surface area contributed by atoms with Gasteiger partial charge in [-0.3, -0.25) is 4.55 Å². The third-order valence-electron chi connectivity index (χ3n) is 3.42. The summed E-state index contributed by atoms with van der Waals surface area (Å²) in [4.78, 5) is 15.8. The molecule has 3 aromatic rings. The van der Waals surface area contributed by atoms with Crippen LogP contribution in [0.25, 0.3) is 0 Å². The molecule has 0 aliphatic carbocycles. The third kappa shape index (κ3) is 4.11. The van der Waals surface area contributed by atoms with Gasteiger partial charge in [0.2, 0.25) is 0 Å². The fraction of sp³-hybridized carbons (Fsp3) is 0.0588. The molecule has 2 aromatic carbocycles. The SMILES string of the molecule is O=S(=O)(O)C(C(=Nc1ncncn1)c1ccccc1)c1ccccc1. The molecule has 0 saturated carbocycles. The summed E-state index contributed by atoms with van der Waals surface area (Å²) in [6.45, 7) is 0. The molecule has 0 aliphatic rings. The Hall–Kier alpha value is -2.97. The minimum Gasteiger partial charge on any atom is -0.285 e. The molecule has 1 atom stereocenters. The van der Waals surface area contributed by atoms with Crippen LogP contribution in [0.5, 0.6) is 0 Å². The Bertz CT molecular complexity index is 963. The highest BCUT2D eigenvalue weighted by molar-refractivity contribution is 7.86. The van der Waals surface area contributed by atoms with Crippen LogP contribution in [-0.2, 0) is 10.1 Å². The molecule has 25 heavy (non-hydrogen) atoms. The number of hydrogen-bond donors (Lipinski definition) is 1. The Morgan fingerprint density at radius 1 is 0.920 bits per heavy atom. The number of aromatic nitrogens is 3. The lowest BCUT2D eigenvalue weighted by Gasteiger charge is -2.17. The number of benzene rings is 2. The van der Waals surface area contributed by atoms with Gasteiger partial charge in [0.1, 0.15) is 12.7 Å². The molecule has 0 amide bonds. The molecular formula is C17H14N4O3S. The Balaban J connectivity index is 2.23. The van der Waals surface area contributed by atoms with Crippen LogP contribution in [0.2, 0.25) is 0 Å². The summed E-state index contributed by atoms with van der Waals surface area (Å²) >= 11 is 0. The predicted molar refractivity (Wildman–Crippen MR) is 93.2 cm³/mol. The van der Waals surface area contributed by atoms with Crippen molar-refractivity contribution in [3.05, 3.63) is 84.4 Å². The van der Waals surface area contributed by atoms with E-state index < -0.39 is 15.4 Å². The molecule has 0 spiro atoms. The van der Waals surface area contributed by atoms with Crippen molar-refractivity contribution in [3.8, 4) is 0 Å². The number of rotatable bonds is 5. The zero-order valence-electron chi connectivity index (χ0n) is 13.0. The van der Waals surface area contributed by atoms with E-state index in [0.717, 1.165) is 0 Å². The number of hydrogen-bond acceptors (Lipinski definition) is 6. The summed E-state index contributed by atoms with van der Waals surface area (Å²) in [5.74, 6) is 0.0541. The standard InChI is InChI=1S/C17H14N4O3S/c22-25(23,24)16(14-9-5-2-6-10-14)15(13-7-3-1-4-8-13)21-17-19-11-18-12-20-17/h1-12,16H,(H,22,23,24). The fourth-order valence-electron chi connectivity index (χ4n) is 2.38. The molecule has 1 heterocycles. The van der Waals surface area contributed by atoms with Gasteiger partial charge in [0.15, 0.2) is 5.25 Å². The molecule has 0 aliphatic heterocycles. The predicted octanol–water partition coefficient (Wildman–Crippen LogP) is 2.62. The van der Waals surface area contributed by atoms with Gasteiger partial charge < -0.3 is 0 Å². The highest BCUT2D eigenvalue weighted by atomic mass is 32.2. The van der Waals surface area contributed by atoms with Gasteiger partial charge in [-0.1, -0.05) is 60.7 Å². The summed E-state index contributed by atoms with van der Waals surface area (Å²) in [5, 5.41) is -1.37. The van der Waals surface area contributed by atoms with Gasteiger partial charge >= 0.3 is 0 Å². The maximum Gasteiger partial charge on any atom is 0.277 e. The molecule has 8 heteroatoms. The van der Waals surface area contributed by atoms with E-state index in [0.29, 0.717) is 11.1 Å².